The van der Waals surface area contributed by atoms with Crippen molar-refractivity contribution in [2.75, 3.05) is 0 Å². The second-order valence-electron chi connectivity index (χ2n) is 9.95. The highest BCUT2D eigenvalue weighted by Crippen LogP contribution is 2.34. The molecule has 0 nitrogen and oxygen atoms in total. The molecule has 1 saturated carbocycles. The molecule has 0 N–H and O–H groups in total. The summed E-state index contributed by atoms with van der Waals surface area (Å²) in [6.07, 6.45) is 14.7. The Morgan fingerprint density at radius 3 is 2.12 bits per heavy atom. The van der Waals surface area contributed by atoms with Gasteiger partial charge in [0.2, 0.25) is 0 Å². The quantitative estimate of drug-likeness (QED) is 0.296. The normalized spacial score (nSPS) is 18.8. The van der Waals surface area contributed by atoms with Gasteiger partial charge in [-0.25, -0.2) is 4.39 Å². The summed E-state index contributed by atoms with van der Waals surface area (Å²) in [6, 6.07) is 19.1. The zero-order valence-electron chi connectivity index (χ0n) is 20.0. The lowest BCUT2D eigenvalue weighted by Gasteiger charge is -2.28. The van der Waals surface area contributed by atoms with Gasteiger partial charge in [0.25, 0.3) is 0 Å². The van der Waals surface area contributed by atoms with E-state index in [2.05, 4.69) is 43.3 Å². The first-order chi connectivity index (χ1) is 15.7. The Balaban J connectivity index is 1.32. The fourth-order valence-electron chi connectivity index (χ4n) is 5.52. The summed E-state index contributed by atoms with van der Waals surface area (Å²) in [7, 11) is 0. The van der Waals surface area contributed by atoms with Crippen molar-refractivity contribution in [2.24, 2.45) is 11.8 Å². The third kappa shape index (κ3) is 5.61. The molecule has 170 valence electrons. The van der Waals surface area contributed by atoms with Crippen molar-refractivity contribution in [3.05, 3.63) is 71.5 Å². The van der Waals surface area contributed by atoms with Crippen LogP contribution in [0.25, 0.3) is 21.9 Å². The second kappa shape index (κ2) is 11.1. The number of halogens is 1. The van der Waals surface area contributed by atoms with Crippen LogP contribution in [0, 0.1) is 17.7 Å². The van der Waals surface area contributed by atoms with E-state index in [4.69, 9.17) is 0 Å². The summed E-state index contributed by atoms with van der Waals surface area (Å²) in [5.74, 6) is 1.85. The van der Waals surface area contributed by atoms with Crippen LogP contribution in [-0.2, 0) is 12.8 Å². The number of hydrogen-bond donors (Lipinski definition) is 0. The molecule has 0 unspecified atom stereocenters. The molecule has 0 saturated heterocycles. The number of aryl methyl sites for hydroxylation is 2. The Hall–Kier alpha value is -2.15. The summed E-state index contributed by atoms with van der Waals surface area (Å²) >= 11 is 0. The largest absolute Gasteiger partial charge is 0.206 e. The number of hydrogen-bond acceptors (Lipinski definition) is 0. The molecule has 1 heteroatoms. The Morgan fingerprint density at radius 1 is 0.750 bits per heavy atom. The maximum atomic E-state index is 14.6. The minimum atomic E-state index is -0.0677. The van der Waals surface area contributed by atoms with Crippen LogP contribution in [0.3, 0.4) is 0 Å². The van der Waals surface area contributed by atoms with Gasteiger partial charge in [-0.1, -0.05) is 114 Å². The Morgan fingerprint density at radius 2 is 1.44 bits per heavy atom. The average Bonchev–Trinajstić information content (AvgIpc) is 2.84. The zero-order chi connectivity index (χ0) is 22.3. The standard InChI is InChI=1S/C31H39F/c1-3-5-6-7-23-8-10-24(11-9-23)12-13-25-14-16-27(17-15-25)28-20-21-30-29(22-28)19-18-26(4-2)31(30)32/h14-24H,3-13H2,1-2H3. The van der Waals surface area contributed by atoms with E-state index in [1.165, 1.54) is 75.3 Å². The Bertz CT molecular complexity index is 993. The molecule has 0 radical (unpaired) electrons. The Kier molecular flexibility index (Phi) is 8.00. The number of benzene rings is 3. The topological polar surface area (TPSA) is 0 Å². The van der Waals surface area contributed by atoms with Gasteiger partial charge in [0, 0.05) is 5.39 Å². The van der Waals surface area contributed by atoms with Crippen molar-refractivity contribution in [3.8, 4) is 11.1 Å². The molecular formula is C31H39F. The highest BCUT2D eigenvalue weighted by atomic mass is 19.1. The third-order valence-electron chi connectivity index (χ3n) is 7.73. The highest BCUT2D eigenvalue weighted by molar-refractivity contribution is 5.88. The molecule has 0 aliphatic heterocycles. The smallest absolute Gasteiger partial charge is 0.134 e. The van der Waals surface area contributed by atoms with Crippen molar-refractivity contribution < 1.29 is 4.39 Å². The Labute approximate surface area is 194 Å². The molecule has 1 aliphatic rings. The van der Waals surface area contributed by atoms with Crippen molar-refractivity contribution in [1.82, 2.24) is 0 Å². The fraction of sp³-hybridized carbons (Fsp3) is 0.484. The average molecular weight is 431 g/mol. The van der Waals surface area contributed by atoms with Gasteiger partial charge in [-0.05, 0) is 64.8 Å². The summed E-state index contributed by atoms with van der Waals surface area (Å²) in [6.45, 7) is 4.30. The van der Waals surface area contributed by atoms with Crippen molar-refractivity contribution in [1.29, 1.82) is 0 Å². The van der Waals surface area contributed by atoms with Crippen LogP contribution in [0.4, 0.5) is 4.39 Å². The minimum Gasteiger partial charge on any atom is -0.206 e. The molecule has 0 aromatic heterocycles. The SMILES string of the molecule is CCCCCC1CCC(CCc2ccc(-c3ccc4c(F)c(CC)ccc4c3)cc2)CC1. The van der Waals surface area contributed by atoms with E-state index in [1.807, 2.05) is 25.1 Å². The van der Waals surface area contributed by atoms with Gasteiger partial charge < -0.3 is 0 Å². The van der Waals surface area contributed by atoms with Gasteiger partial charge in [-0.15, -0.1) is 0 Å². The molecule has 0 heterocycles. The lowest BCUT2D eigenvalue weighted by Crippen LogP contribution is -2.15. The van der Waals surface area contributed by atoms with Crippen LogP contribution in [0.1, 0.15) is 82.8 Å². The molecule has 0 bridgehead atoms. The molecule has 4 rings (SSSR count). The maximum absolute atomic E-state index is 14.6. The molecule has 3 aromatic carbocycles. The monoisotopic (exact) mass is 430 g/mol. The van der Waals surface area contributed by atoms with Gasteiger partial charge in [0.15, 0.2) is 0 Å². The second-order valence-corrected chi connectivity index (χ2v) is 9.95. The van der Waals surface area contributed by atoms with Gasteiger partial charge in [0.1, 0.15) is 5.82 Å². The first-order valence-corrected chi connectivity index (χ1v) is 13.0. The predicted molar refractivity (Wildman–Crippen MR) is 137 cm³/mol. The van der Waals surface area contributed by atoms with E-state index in [0.29, 0.717) is 0 Å². The van der Waals surface area contributed by atoms with Crippen LogP contribution < -0.4 is 0 Å². The maximum Gasteiger partial charge on any atom is 0.134 e. The molecule has 32 heavy (non-hydrogen) atoms. The van der Waals surface area contributed by atoms with E-state index in [1.54, 1.807) is 0 Å². The van der Waals surface area contributed by atoms with Crippen LogP contribution in [-0.4, -0.2) is 0 Å². The van der Waals surface area contributed by atoms with E-state index >= 15 is 0 Å². The van der Waals surface area contributed by atoms with Gasteiger partial charge >= 0.3 is 0 Å². The number of unbranched alkanes of at least 4 members (excludes halogenated alkanes) is 2. The highest BCUT2D eigenvalue weighted by Gasteiger charge is 2.20. The van der Waals surface area contributed by atoms with Gasteiger partial charge in [-0.2, -0.15) is 0 Å². The summed E-state index contributed by atoms with van der Waals surface area (Å²) in [4.78, 5) is 0. The van der Waals surface area contributed by atoms with E-state index < -0.39 is 0 Å². The number of rotatable bonds is 9. The van der Waals surface area contributed by atoms with Crippen LogP contribution in [0.15, 0.2) is 54.6 Å². The van der Waals surface area contributed by atoms with Gasteiger partial charge in [-0.3, -0.25) is 0 Å². The van der Waals surface area contributed by atoms with Crippen molar-refractivity contribution in [2.45, 2.75) is 84.5 Å². The molecule has 3 aromatic rings. The van der Waals surface area contributed by atoms with Crippen molar-refractivity contribution in [3.63, 3.8) is 0 Å². The van der Waals surface area contributed by atoms with Crippen molar-refractivity contribution >= 4 is 10.8 Å². The van der Waals surface area contributed by atoms with Crippen LogP contribution in [0.2, 0.25) is 0 Å². The predicted octanol–water partition coefficient (Wildman–Crippen LogP) is 9.53. The van der Waals surface area contributed by atoms with E-state index in [9.17, 15) is 4.39 Å². The van der Waals surface area contributed by atoms with Crippen LogP contribution >= 0.6 is 0 Å². The van der Waals surface area contributed by atoms with E-state index in [0.717, 1.165) is 40.2 Å². The van der Waals surface area contributed by atoms with Crippen LogP contribution in [0.5, 0.6) is 0 Å². The first kappa shape index (κ1) is 23.0. The molecule has 0 atom stereocenters. The molecule has 1 fully saturated rings. The van der Waals surface area contributed by atoms with E-state index in [-0.39, 0.29) is 5.82 Å². The van der Waals surface area contributed by atoms with Gasteiger partial charge in [0.05, 0.1) is 0 Å². The zero-order valence-corrected chi connectivity index (χ0v) is 20.0. The summed E-state index contributed by atoms with van der Waals surface area (Å²) < 4.78 is 14.6. The molecular weight excluding hydrogens is 391 g/mol. The lowest BCUT2D eigenvalue weighted by atomic mass is 9.78. The molecule has 0 spiro atoms. The summed E-state index contributed by atoms with van der Waals surface area (Å²) in [5, 5.41) is 1.70. The lowest BCUT2D eigenvalue weighted by molar-refractivity contribution is 0.249. The molecule has 1 aliphatic carbocycles. The number of fused-ring (bicyclic) bond motifs is 1. The minimum absolute atomic E-state index is 0.0677. The fourth-order valence-corrected chi connectivity index (χ4v) is 5.52. The molecule has 0 amide bonds. The first-order valence-electron chi connectivity index (χ1n) is 13.0. The third-order valence-corrected chi connectivity index (χ3v) is 7.73. The summed E-state index contributed by atoms with van der Waals surface area (Å²) in [5.41, 5.74) is 4.61.